The number of carbonyl (C=O) groups excluding carboxylic acids is 1. The Morgan fingerprint density at radius 1 is 1.30 bits per heavy atom. The van der Waals surface area contributed by atoms with Crippen molar-refractivity contribution in [2.75, 3.05) is 19.6 Å². The van der Waals surface area contributed by atoms with Crippen LogP contribution in [-0.2, 0) is 4.79 Å². The van der Waals surface area contributed by atoms with Gasteiger partial charge < -0.3 is 9.73 Å². The van der Waals surface area contributed by atoms with Crippen LogP contribution in [0, 0.1) is 0 Å². The van der Waals surface area contributed by atoms with Gasteiger partial charge >= 0.3 is 0 Å². The van der Waals surface area contributed by atoms with Crippen LogP contribution in [0.15, 0.2) is 34.7 Å². The number of nitrogens with one attached hydrogen (secondary N) is 1. The summed E-state index contributed by atoms with van der Waals surface area (Å²) in [6.07, 6.45) is 0. The number of aromatic nitrogens is 2. The Kier molecular flexibility index (Phi) is 3.47. The average molecular weight is 272 g/mol. The quantitative estimate of drug-likeness (QED) is 0.910. The lowest BCUT2D eigenvalue weighted by molar-refractivity contribution is -0.124. The van der Waals surface area contributed by atoms with Gasteiger partial charge in [-0.05, 0) is 19.1 Å². The largest absolute Gasteiger partial charge is 0.419 e. The molecule has 6 heteroatoms. The zero-order chi connectivity index (χ0) is 13.9. The molecular weight excluding hydrogens is 256 g/mol. The van der Waals surface area contributed by atoms with Crippen LogP contribution in [0.2, 0.25) is 0 Å². The summed E-state index contributed by atoms with van der Waals surface area (Å²) in [5.74, 6) is 1.08. The van der Waals surface area contributed by atoms with E-state index in [1.165, 1.54) is 0 Å². The van der Waals surface area contributed by atoms with Gasteiger partial charge in [-0.15, -0.1) is 10.2 Å². The standard InChI is InChI=1S/C14H16N4O2/c1-10(18-8-7-15-12(19)9-18)13-16-17-14(20-13)11-5-3-2-4-6-11/h2-6,10H,7-9H2,1H3,(H,15,19). The third-order valence-electron chi connectivity index (χ3n) is 3.43. The highest BCUT2D eigenvalue weighted by molar-refractivity contribution is 5.78. The molecule has 104 valence electrons. The van der Waals surface area contributed by atoms with Gasteiger partial charge in [-0.3, -0.25) is 9.69 Å². The van der Waals surface area contributed by atoms with Gasteiger partial charge in [0.2, 0.25) is 17.7 Å². The summed E-state index contributed by atoms with van der Waals surface area (Å²) in [6.45, 7) is 3.78. The van der Waals surface area contributed by atoms with Crippen molar-refractivity contribution in [2.45, 2.75) is 13.0 Å². The lowest BCUT2D eigenvalue weighted by Gasteiger charge is -2.29. The first kappa shape index (κ1) is 12.8. The van der Waals surface area contributed by atoms with Crippen molar-refractivity contribution in [1.29, 1.82) is 0 Å². The molecule has 1 amide bonds. The summed E-state index contributed by atoms with van der Waals surface area (Å²) in [4.78, 5) is 13.4. The average Bonchev–Trinajstić information content (AvgIpc) is 2.97. The third kappa shape index (κ3) is 2.55. The highest BCUT2D eigenvalue weighted by Gasteiger charge is 2.26. The molecule has 0 radical (unpaired) electrons. The topological polar surface area (TPSA) is 71.3 Å². The number of benzene rings is 1. The second kappa shape index (κ2) is 5.42. The van der Waals surface area contributed by atoms with Gasteiger partial charge in [-0.2, -0.15) is 0 Å². The smallest absolute Gasteiger partial charge is 0.247 e. The number of hydrogen-bond acceptors (Lipinski definition) is 5. The first-order chi connectivity index (χ1) is 9.74. The molecule has 3 rings (SSSR count). The molecule has 1 aromatic carbocycles. The van der Waals surface area contributed by atoms with Crippen molar-refractivity contribution in [1.82, 2.24) is 20.4 Å². The monoisotopic (exact) mass is 272 g/mol. The van der Waals surface area contributed by atoms with E-state index in [1.54, 1.807) is 0 Å². The summed E-state index contributed by atoms with van der Waals surface area (Å²) in [6, 6.07) is 9.59. The number of amides is 1. The van der Waals surface area contributed by atoms with E-state index in [2.05, 4.69) is 15.5 Å². The van der Waals surface area contributed by atoms with Crippen molar-refractivity contribution >= 4 is 5.91 Å². The minimum absolute atomic E-state index is 0.0332. The maximum atomic E-state index is 11.4. The SMILES string of the molecule is CC(c1nnc(-c2ccccc2)o1)N1CCNC(=O)C1. The van der Waals surface area contributed by atoms with Crippen molar-refractivity contribution in [3.8, 4) is 11.5 Å². The predicted octanol–water partition coefficient (Wildman–Crippen LogP) is 1.23. The normalized spacial score (nSPS) is 17.8. The summed E-state index contributed by atoms with van der Waals surface area (Å²) >= 11 is 0. The van der Waals surface area contributed by atoms with Crippen LogP contribution in [0.25, 0.3) is 11.5 Å². The van der Waals surface area contributed by atoms with E-state index in [-0.39, 0.29) is 11.9 Å². The van der Waals surface area contributed by atoms with E-state index < -0.39 is 0 Å². The maximum Gasteiger partial charge on any atom is 0.247 e. The van der Waals surface area contributed by atoms with E-state index in [0.29, 0.717) is 24.9 Å². The van der Waals surface area contributed by atoms with Gasteiger partial charge in [-0.25, -0.2) is 0 Å². The Hall–Kier alpha value is -2.21. The number of nitrogens with zero attached hydrogens (tertiary/aromatic N) is 3. The summed E-state index contributed by atoms with van der Waals surface area (Å²) in [7, 11) is 0. The van der Waals surface area contributed by atoms with Crippen LogP contribution >= 0.6 is 0 Å². The Bertz CT molecular complexity index is 596. The molecule has 1 aliphatic heterocycles. The fourth-order valence-electron chi connectivity index (χ4n) is 2.25. The lowest BCUT2D eigenvalue weighted by atomic mass is 10.2. The molecule has 1 aliphatic rings. The number of rotatable bonds is 3. The van der Waals surface area contributed by atoms with Crippen LogP contribution in [0.5, 0.6) is 0 Å². The molecule has 1 N–H and O–H groups in total. The molecule has 0 spiro atoms. The van der Waals surface area contributed by atoms with Crippen molar-refractivity contribution < 1.29 is 9.21 Å². The fourth-order valence-corrected chi connectivity index (χ4v) is 2.25. The van der Waals surface area contributed by atoms with Gasteiger partial charge in [0, 0.05) is 18.7 Å². The molecule has 1 unspecified atom stereocenters. The second-order valence-electron chi connectivity index (χ2n) is 4.81. The Morgan fingerprint density at radius 2 is 2.10 bits per heavy atom. The summed E-state index contributed by atoms with van der Waals surface area (Å²) in [5, 5.41) is 11.0. The van der Waals surface area contributed by atoms with Gasteiger partial charge in [0.25, 0.3) is 0 Å². The molecule has 1 fully saturated rings. The molecule has 1 atom stereocenters. The van der Waals surface area contributed by atoms with E-state index >= 15 is 0 Å². The molecule has 6 nitrogen and oxygen atoms in total. The van der Waals surface area contributed by atoms with Crippen LogP contribution in [0.3, 0.4) is 0 Å². The number of piperazine rings is 1. The highest BCUT2D eigenvalue weighted by atomic mass is 16.4. The molecule has 20 heavy (non-hydrogen) atoms. The van der Waals surface area contributed by atoms with E-state index in [9.17, 15) is 4.79 Å². The van der Waals surface area contributed by atoms with Crippen molar-refractivity contribution in [2.24, 2.45) is 0 Å². The second-order valence-corrected chi connectivity index (χ2v) is 4.81. The molecule has 2 aromatic rings. The zero-order valence-corrected chi connectivity index (χ0v) is 11.2. The molecule has 2 heterocycles. The Morgan fingerprint density at radius 3 is 2.85 bits per heavy atom. The van der Waals surface area contributed by atoms with Crippen LogP contribution in [0.1, 0.15) is 18.9 Å². The minimum Gasteiger partial charge on any atom is -0.419 e. The Balaban J connectivity index is 1.78. The van der Waals surface area contributed by atoms with Gasteiger partial charge in [-0.1, -0.05) is 18.2 Å². The summed E-state index contributed by atoms with van der Waals surface area (Å²) < 4.78 is 5.72. The van der Waals surface area contributed by atoms with Crippen LogP contribution in [0.4, 0.5) is 0 Å². The minimum atomic E-state index is -0.0639. The van der Waals surface area contributed by atoms with Crippen LogP contribution < -0.4 is 5.32 Å². The molecule has 0 bridgehead atoms. The first-order valence-corrected chi connectivity index (χ1v) is 6.63. The molecule has 1 saturated heterocycles. The van der Waals surface area contributed by atoms with Gasteiger partial charge in [0.1, 0.15) is 0 Å². The van der Waals surface area contributed by atoms with Gasteiger partial charge in [0.15, 0.2) is 0 Å². The lowest BCUT2D eigenvalue weighted by Crippen LogP contribution is -2.48. The Labute approximate surface area is 116 Å². The van der Waals surface area contributed by atoms with E-state index in [4.69, 9.17) is 4.42 Å². The third-order valence-corrected chi connectivity index (χ3v) is 3.43. The van der Waals surface area contributed by atoms with E-state index in [1.807, 2.05) is 42.2 Å². The van der Waals surface area contributed by atoms with Crippen molar-refractivity contribution in [3.63, 3.8) is 0 Å². The molecule has 0 aliphatic carbocycles. The molecular formula is C14H16N4O2. The number of carbonyl (C=O) groups is 1. The van der Waals surface area contributed by atoms with Gasteiger partial charge in [0.05, 0.1) is 12.6 Å². The van der Waals surface area contributed by atoms with Crippen LogP contribution in [-0.4, -0.2) is 40.6 Å². The fraction of sp³-hybridized carbons (Fsp3) is 0.357. The maximum absolute atomic E-state index is 11.4. The zero-order valence-electron chi connectivity index (χ0n) is 11.2. The number of hydrogen-bond donors (Lipinski definition) is 1. The molecule has 1 aromatic heterocycles. The predicted molar refractivity (Wildman–Crippen MR) is 72.7 cm³/mol. The highest BCUT2D eigenvalue weighted by Crippen LogP contribution is 2.23. The summed E-state index contributed by atoms with van der Waals surface area (Å²) in [5.41, 5.74) is 0.898. The first-order valence-electron chi connectivity index (χ1n) is 6.63. The molecule has 0 saturated carbocycles. The van der Waals surface area contributed by atoms with E-state index in [0.717, 1.165) is 12.1 Å². The van der Waals surface area contributed by atoms with Crippen molar-refractivity contribution in [3.05, 3.63) is 36.2 Å².